The fraction of sp³-hybridized carbons (Fsp3) is 0.778. The van der Waals surface area contributed by atoms with Crippen molar-refractivity contribution in [2.24, 2.45) is 5.92 Å². The molecule has 178 valence electrons. The van der Waals surface area contributed by atoms with E-state index in [9.17, 15) is 26.3 Å². The number of allylic oxidation sites excluding steroid dienone is 2. The molecular formula is C18H30F6N2O4. The number of carbonyl (C=O) groups is 2. The summed E-state index contributed by atoms with van der Waals surface area (Å²) in [5, 5.41) is 21.3. The summed E-state index contributed by atoms with van der Waals surface area (Å²) in [6.45, 7) is 10.3. The molecule has 0 bridgehead atoms. The number of carboxylic acids is 2. The first-order valence-corrected chi connectivity index (χ1v) is 9.25. The van der Waals surface area contributed by atoms with Gasteiger partial charge in [0.25, 0.3) is 0 Å². The van der Waals surface area contributed by atoms with Gasteiger partial charge in [0.15, 0.2) is 0 Å². The maximum atomic E-state index is 10.6. The van der Waals surface area contributed by atoms with Gasteiger partial charge in [-0.15, -0.1) is 0 Å². The van der Waals surface area contributed by atoms with E-state index in [1.165, 1.54) is 50.9 Å². The van der Waals surface area contributed by atoms with Crippen LogP contribution in [0.15, 0.2) is 11.6 Å². The molecule has 1 aliphatic heterocycles. The molecule has 1 unspecified atom stereocenters. The second-order valence-electron chi connectivity index (χ2n) is 6.97. The van der Waals surface area contributed by atoms with E-state index in [-0.39, 0.29) is 0 Å². The summed E-state index contributed by atoms with van der Waals surface area (Å²) in [5.41, 5.74) is 1.44. The van der Waals surface area contributed by atoms with Crippen LogP contribution in [0.5, 0.6) is 0 Å². The Hall–Kier alpha value is -1.82. The summed E-state index contributed by atoms with van der Waals surface area (Å²) in [7, 11) is 0. The molecule has 6 nitrogen and oxygen atoms in total. The van der Waals surface area contributed by atoms with Crippen molar-refractivity contribution < 1.29 is 46.1 Å². The molecule has 1 rings (SSSR count). The highest BCUT2D eigenvalue weighted by Crippen LogP contribution is 2.14. The lowest BCUT2D eigenvalue weighted by Crippen LogP contribution is -2.36. The van der Waals surface area contributed by atoms with Gasteiger partial charge in [-0.25, -0.2) is 9.59 Å². The molecule has 0 amide bonds. The average molecular weight is 452 g/mol. The minimum Gasteiger partial charge on any atom is -0.475 e. The number of aliphatic carboxylic acids is 2. The van der Waals surface area contributed by atoms with Crippen LogP contribution in [0.4, 0.5) is 26.3 Å². The molecule has 0 aromatic rings. The van der Waals surface area contributed by atoms with Crippen LogP contribution in [0.1, 0.15) is 46.5 Å². The third-order valence-corrected chi connectivity index (χ3v) is 3.85. The smallest absolute Gasteiger partial charge is 0.475 e. The fourth-order valence-corrected chi connectivity index (χ4v) is 2.18. The Bertz CT molecular complexity index is 502. The Balaban J connectivity index is 0. The summed E-state index contributed by atoms with van der Waals surface area (Å²) < 4.78 is 63.5. The molecular weight excluding hydrogens is 422 g/mol. The van der Waals surface area contributed by atoms with Crippen molar-refractivity contribution in [3.63, 3.8) is 0 Å². The van der Waals surface area contributed by atoms with Gasteiger partial charge in [-0.2, -0.15) is 26.3 Å². The first kappa shape index (κ1) is 30.4. The highest BCUT2D eigenvalue weighted by molar-refractivity contribution is 5.73. The van der Waals surface area contributed by atoms with Crippen molar-refractivity contribution in [2.45, 2.75) is 64.8 Å². The Morgan fingerprint density at radius 2 is 1.43 bits per heavy atom. The van der Waals surface area contributed by atoms with E-state index in [2.05, 4.69) is 37.5 Å². The van der Waals surface area contributed by atoms with Crippen molar-refractivity contribution in [1.82, 2.24) is 10.6 Å². The molecule has 30 heavy (non-hydrogen) atoms. The lowest BCUT2D eigenvalue weighted by Gasteiger charge is -2.24. The second kappa shape index (κ2) is 15.1. The molecule has 1 aliphatic rings. The van der Waals surface area contributed by atoms with Crippen LogP contribution < -0.4 is 10.6 Å². The number of alkyl halides is 6. The summed E-state index contributed by atoms with van der Waals surface area (Å²) in [5.74, 6) is -4.62. The Labute approximate surface area is 171 Å². The number of nitrogens with one attached hydrogen (secondary N) is 2. The van der Waals surface area contributed by atoms with Crippen molar-refractivity contribution in [1.29, 1.82) is 0 Å². The predicted molar refractivity (Wildman–Crippen MR) is 99.1 cm³/mol. The molecule has 1 fully saturated rings. The van der Waals surface area contributed by atoms with E-state index in [1.54, 1.807) is 0 Å². The fourth-order valence-electron chi connectivity index (χ4n) is 2.18. The number of hydrogen-bond acceptors (Lipinski definition) is 4. The lowest BCUT2D eigenvalue weighted by molar-refractivity contribution is -0.193. The molecule has 0 radical (unpaired) electrons. The van der Waals surface area contributed by atoms with E-state index < -0.39 is 24.3 Å². The first-order chi connectivity index (χ1) is 13.6. The van der Waals surface area contributed by atoms with E-state index in [4.69, 9.17) is 19.8 Å². The highest BCUT2D eigenvalue weighted by atomic mass is 19.4. The van der Waals surface area contributed by atoms with Crippen LogP contribution in [0.2, 0.25) is 0 Å². The molecule has 0 aromatic heterocycles. The zero-order chi connectivity index (χ0) is 24.0. The van der Waals surface area contributed by atoms with Crippen LogP contribution in [0, 0.1) is 5.92 Å². The lowest BCUT2D eigenvalue weighted by atomic mass is 9.97. The van der Waals surface area contributed by atoms with E-state index >= 15 is 0 Å². The average Bonchev–Trinajstić information content (AvgIpc) is 2.60. The first-order valence-electron chi connectivity index (χ1n) is 9.25. The van der Waals surface area contributed by atoms with Crippen LogP contribution in [-0.4, -0.2) is 60.2 Å². The van der Waals surface area contributed by atoms with Crippen molar-refractivity contribution >= 4 is 11.9 Å². The van der Waals surface area contributed by atoms with Crippen LogP contribution in [0.3, 0.4) is 0 Å². The number of halogens is 6. The SMILES string of the molecule is CC(C)=CCCC(C)NCC1CCNCC1.O=C(O)C(F)(F)F.O=C(O)C(F)(F)F. The third kappa shape index (κ3) is 19.5. The third-order valence-electron chi connectivity index (χ3n) is 3.85. The van der Waals surface area contributed by atoms with Gasteiger partial charge in [0, 0.05) is 6.04 Å². The van der Waals surface area contributed by atoms with Gasteiger partial charge in [0.2, 0.25) is 0 Å². The summed E-state index contributed by atoms with van der Waals surface area (Å²) in [4.78, 5) is 17.8. The molecule has 12 heteroatoms. The Kier molecular flexibility index (Phi) is 15.2. The molecule has 0 aliphatic carbocycles. The number of hydrogen-bond donors (Lipinski definition) is 4. The van der Waals surface area contributed by atoms with Crippen molar-refractivity contribution in [3.8, 4) is 0 Å². The van der Waals surface area contributed by atoms with Gasteiger partial charge in [-0.3, -0.25) is 0 Å². The molecule has 1 saturated heterocycles. The van der Waals surface area contributed by atoms with Gasteiger partial charge in [0.1, 0.15) is 0 Å². The Morgan fingerprint density at radius 3 is 1.77 bits per heavy atom. The van der Waals surface area contributed by atoms with Gasteiger partial charge < -0.3 is 20.8 Å². The topological polar surface area (TPSA) is 98.7 Å². The highest BCUT2D eigenvalue weighted by Gasteiger charge is 2.38. The molecule has 1 atom stereocenters. The Morgan fingerprint density at radius 1 is 1.03 bits per heavy atom. The largest absolute Gasteiger partial charge is 0.490 e. The molecule has 0 saturated carbocycles. The van der Waals surface area contributed by atoms with Crippen molar-refractivity contribution in [3.05, 3.63) is 11.6 Å². The standard InChI is InChI=1S/C14H28N2.2C2HF3O2/c1-12(2)5-4-6-13(3)16-11-14-7-9-15-10-8-14;2*3-2(4,5)1(6)7/h5,13-16H,4,6-11H2,1-3H3;2*(H,6,7). The normalized spacial score (nSPS) is 15.6. The van der Waals surface area contributed by atoms with E-state index in [1.807, 2.05) is 0 Å². The zero-order valence-corrected chi connectivity index (χ0v) is 17.2. The van der Waals surface area contributed by atoms with Gasteiger partial charge in [0.05, 0.1) is 0 Å². The molecule has 4 N–H and O–H groups in total. The summed E-state index contributed by atoms with van der Waals surface area (Å²) >= 11 is 0. The van der Waals surface area contributed by atoms with Crippen molar-refractivity contribution in [2.75, 3.05) is 19.6 Å². The zero-order valence-electron chi connectivity index (χ0n) is 17.2. The van der Waals surface area contributed by atoms with Crippen LogP contribution in [0.25, 0.3) is 0 Å². The molecule has 0 spiro atoms. The second-order valence-corrected chi connectivity index (χ2v) is 6.97. The summed E-state index contributed by atoms with van der Waals surface area (Å²) in [6.07, 6.45) is -2.68. The van der Waals surface area contributed by atoms with Gasteiger partial charge >= 0.3 is 24.3 Å². The minimum atomic E-state index is -5.08. The molecule has 0 aromatic carbocycles. The molecule has 1 heterocycles. The number of carboxylic acid groups (broad SMARTS) is 2. The quantitative estimate of drug-likeness (QED) is 0.360. The van der Waals surface area contributed by atoms with Gasteiger partial charge in [-0.05, 0) is 72.0 Å². The van der Waals surface area contributed by atoms with E-state index in [0.717, 1.165) is 5.92 Å². The van der Waals surface area contributed by atoms with Gasteiger partial charge in [-0.1, -0.05) is 11.6 Å². The van der Waals surface area contributed by atoms with Crippen LogP contribution in [-0.2, 0) is 9.59 Å². The predicted octanol–water partition coefficient (Wildman–Crippen LogP) is 3.98. The monoisotopic (exact) mass is 452 g/mol. The summed E-state index contributed by atoms with van der Waals surface area (Å²) in [6, 6.07) is 0.658. The maximum Gasteiger partial charge on any atom is 0.490 e. The maximum absolute atomic E-state index is 10.6. The number of piperidine rings is 1. The number of rotatable bonds is 6. The van der Waals surface area contributed by atoms with Crippen LogP contribution >= 0.6 is 0 Å². The van der Waals surface area contributed by atoms with E-state index in [0.29, 0.717) is 6.04 Å². The minimum absolute atomic E-state index is 0.658.